The fourth-order valence-corrected chi connectivity index (χ4v) is 2.53. The largest absolute Gasteiger partial charge is 0.391 e. The van der Waals surface area contributed by atoms with Crippen LogP contribution in [0, 0.1) is 10.1 Å². The van der Waals surface area contributed by atoms with E-state index in [9.17, 15) is 15.2 Å². The van der Waals surface area contributed by atoms with E-state index < -0.39 is 4.92 Å². The number of aromatic nitrogens is 1. The summed E-state index contributed by atoms with van der Waals surface area (Å²) in [6, 6.07) is 13.0. The minimum Gasteiger partial charge on any atom is -0.391 e. The summed E-state index contributed by atoms with van der Waals surface area (Å²) in [6.07, 6.45) is 0. The van der Waals surface area contributed by atoms with Crippen molar-refractivity contribution in [1.29, 1.82) is 0 Å². The summed E-state index contributed by atoms with van der Waals surface area (Å²) in [6.45, 7) is -0.331. The Balaban J connectivity index is 2.14. The second-order valence-corrected chi connectivity index (χ2v) is 5.19. The Labute approximate surface area is 136 Å². The maximum atomic E-state index is 10.9. The predicted octanol–water partition coefficient (Wildman–Crippen LogP) is 4.06. The summed E-state index contributed by atoms with van der Waals surface area (Å²) in [5.41, 5.74) is 1.87. The van der Waals surface area contributed by atoms with Gasteiger partial charge in [0.1, 0.15) is 5.69 Å². The molecule has 0 saturated carbocycles. The van der Waals surface area contributed by atoms with Crippen LogP contribution in [0.4, 0.5) is 5.69 Å². The van der Waals surface area contributed by atoms with Crippen molar-refractivity contribution in [1.82, 2.24) is 5.16 Å². The van der Waals surface area contributed by atoms with E-state index in [1.165, 1.54) is 12.1 Å². The molecular weight excluding hydrogens is 320 g/mol. The maximum absolute atomic E-state index is 10.9. The molecule has 0 radical (unpaired) electrons. The Morgan fingerprint density at radius 2 is 2.00 bits per heavy atom. The highest BCUT2D eigenvalue weighted by Gasteiger charge is 2.21. The van der Waals surface area contributed by atoms with Gasteiger partial charge in [-0.3, -0.25) is 10.1 Å². The van der Waals surface area contributed by atoms with Crippen molar-refractivity contribution in [2.24, 2.45) is 0 Å². The molecular formula is C16H11ClN2O4. The number of hydrogen-bond donors (Lipinski definition) is 1. The Bertz CT molecular complexity index is 876. The first kappa shape index (κ1) is 15.2. The van der Waals surface area contributed by atoms with Gasteiger partial charge in [-0.15, -0.1) is 0 Å². The highest BCUT2D eigenvalue weighted by molar-refractivity contribution is 6.33. The molecule has 0 fully saturated rings. The molecule has 1 N–H and O–H groups in total. The van der Waals surface area contributed by atoms with Crippen LogP contribution < -0.4 is 0 Å². The third kappa shape index (κ3) is 2.81. The SMILES string of the molecule is O=[N+]([O-])c1cccc(-c2onc(-c3ccccc3Cl)c2CO)c1. The van der Waals surface area contributed by atoms with Crippen molar-refractivity contribution in [3.8, 4) is 22.6 Å². The van der Waals surface area contributed by atoms with Gasteiger partial charge in [-0.05, 0) is 6.07 Å². The van der Waals surface area contributed by atoms with Crippen LogP contribution in [0.5, 0.6) is 0 Å². The van der Waals surface area contributed by atoms with Gasteiger partial charge < -0.3 is 9.63 Å². The minimum atomic E-state index is -0.493. The molecule has 0 unspecified atom stereocenters. The molecule has 0 spiro atoms. The molecule has 116 valence electrons. The Morgan fingerprint density at radius 3 is 2.70 bits per heavy atom. The predicted molar refractivity (Wildman–Crippen MR) is 85.0 cm³/mol. The third-order valence-electron chi connectivity index (χ3n) is 3.39. The van der Waals surface area contributed by atoms with Gasteiger partial charge in [-0.1, -0.05) is 47.1 Å². The van der Waals surface area contributed by atoms with Crippen molar-refractivity contribution in [3.05, 3.63) is 69.2 Å². The summed E-state index contributed by atoms with van der Waals surface area (Å²) in [4.78, 5) is 10.4. The average Bonchev–Trinajstić information content (AvgIpc) is 2.99. The van der Waals surface area contributed by atoms with E-state index in [1.54, 1.807) is 36.4 Å². The zero-order valence-electron chi connectivity index (χ0n) is 11.8. The summed E-state index contributed by atoms with van der Waals surface area (Å²) < 4.78 is 5.33. The molecule has 3 rings (SSSR count). The molecule has 0 aliphatic carbocycles. The fraction of sp³-hybridized carbons (Fsp3) is 0.0625. The molecule has 0 aliphatic heterocycles. The van der Waals surface area contributed by atoms with Crippen LogP contribution in [0.1, 0.15) is 5.56 Å². The number of aliphatic hydroxyl groups is 1. The number of nitro groups is 1. The first-order valence-corrected chi connectivity index (χ1v) is 7.08. The van der Waals surface area contributed by atoms with Gasteiger partial charge in [-0.2, -0.15) is 0 Å². The van der Waals surface area contributed by atoms with Crippen LogP contribution >= 0.6 is 11.6 Å². The van der Waals surface area contributed by atoms with Gasteiger partial charge in [0.25, 0.3) is 5.69 Å². The van der Waals surface area contributed by atoms with Gasteiger partial charge in [0.2, 0.25) is 0 Å². The first-order chi connectivity index (χ1) is 11.1. The van der Waals surface area contributed by atoms with E-state index in [0.717, 1.165) is 0 Å². The molecule has 3 aromatic rings. The topological polar surface area (TPSA) is 89.4 Å². The van der Waals surface area contributed by atoms with E-state index in [-0.39, 0.29) is 18.1 Å². The van der Waals surface area contributed by atoms with E-state index in [0.29, 0.717) is 27.4 Å². The van der Waals surface area contributed by atoms with Crippen LogP contribution in [0.3, 0.4) is 0 Å². The lowest BCUT2D eigenvalue weighted by Gasteiger charge is -2.03. The molecule has 0 bridgehead atoms. The van der Waals surface area contributed by atoms with Crippen LogP contribution in [-0.2, 0) is 6.61 Å². The van der Waals surface area contributed by atoms with Gasteiger partial charge in [0.05, 0.1) is 22.1 Å². The molecule has 23 heavy (non-hydrogen) atoms. The minimum absolute atomic E-state index is 0.0675. The van der Waals surface area contributed by atoms with Gasteiger partial charge >= 0.3 is 0 Å². The molecule has 0 amide bonds. The van der Waals surface area contributed by atoms with Gasteiger partial charge in [-0.25, -0.2) is 0 Å². The first-order valence-electron chi connectivity index (χ1n) is 6.71. The second kappa shape index (κ2) is 6.20. The number of rotatable bonds is 4. The fourth-order valence-electron chi connectivity index (χ4n) is 2.31. The average molecular weight is 331 g/mol. The summed E-state index contributed by atoms with van der Waals surface area (Å²) in [5.74, 6) is 0.283. The number of benzene rings is 2. The van der Waals surface area contributed by atoms with Crippen molar-refractivity contribution in [3.63, 3.8) is 0 Å². The van der Waals surface area contributed by atoms with E-state index in [1.807, 2.05) is 0 Å². The lowest BCUT2D eigenvalue weighted by Crippen LogP contribution is -1.91. The maximum Gasteiger partial charge on any atom is 0.270 e. The Kier molecular flexibility index (Phi) is 4.10. The van der Waals surface area contributed by atoms with Crippen LogP contribution in [0.25, 0.3) is 22.6 Å². The smallest absolute Gasteiger partial charge is 0.270 e. The monoisotopic (exact) mass is 330 g/mol. The van der Waals surface area contributed by atoms with E-state index in [2.05, 4.69) is 5.16 Å². The number of hydrogen-bond acceptors (Lipinski definition) is 5. The zero-order valence-corrected chi connectivity index (χ0v) is 12.5. The third-order valence-corrected chi connectivity index (χ3v) is 3.72. The summed E-state index contributed by atoms with van der Waals surface area (Å²) in [7, 11) is 0. The van der Waals surface area contributed by atoms with Crippen molar-refractivity contribution < 1.29 is 14.6 Å². The van der Waals surface area contributed by atoms with Crippen LogP contribution in [0.15, 0.2) is 53.1 Å². The van der Waals surface area contributed by atoms with E-state index in [4.69, 9.17) is 16.1 Å². The molecule has 1 heterocycles. The molecule has 1 aromatic heterocycles. The molecule has 0 aliphatic rings. The normalized spacial score (nSPS) is 10.7. The summed E-state index contributed by atoms with van der Waals surface area (Å²) in [5, 5.41) is 25.1. The van der Waals surface area contributed by atoms with Crippen molar-refractivity contribution >= 4 is 17.3 Å². The Hall–Kier alpha value is -2.70. The van der Waals surface area contributed by atoms with E-state index >= 15 is 0 Å². The zero-order chi connectivity index (χ0) is 16.4. The number of halogens is 1. The van der Waals surface area contributed by atoms with Crippen LogP contribution in [-0.4, -0.2) is 15.2 Å². The molecule has 7 heteroatoms. The van der Waals surface area contributed by atoms with Crippen LogP contribution in [0.2, 0.25) is 5.02 Å². The molecule has 2 aromatic carbocycles. The Morgan fingerprint density at radius 1 is 1.22 bits per heavy atom. The molecule has 0 atom stereocenters. The summed E-state index contributed by atoms with van der Waals surface area (Å²) >= 11 is 6.16. The van der Waals surface area contributed by atoms with Gasteiger partial charge in [0.15, 0.2) is 5.76 Å². The molecule has 0 saturated heterocycles. The highest BCUT2D eigenvalue weighted by Crippen LogP contribution is 2.36. The highest BCUT2D eigenvalue weighted by atomic mass is 35.5. The quantitative estimate of drug-likeness (QED) is 0.575. The number of nitro benzene ring substituents is 1. The number of aliphatic hydroxyl groups excluding tert-OH is 1. The molecule has 6 nitrogen and oxygen atoms in total. The second-order valence-electron chi connectivity index (χ2n) is 4.78. The van der Waals surface area contributed by atoms with Crippen molar-refractivity contribution in [2.45, 2.75) is 6.61 Å². The van der Waals surface area contributed by atoms with Crippen molar-refractivity contribution in [2.75, 3.05) is 0 Å². The number of nitrogens with zero attached hydrogens (tertiary/aromatic N) is 2. The van der Waals surface area contributed by atoms with Gasteiger partial charge in [0, 0.05) is 23.3 Å². The lowest BCUT2D eigenvalue weighted by atomic mass is 10.0. The standard InChI is InChI=1S/C16H11ClN2O4/c17-14-7-2-1-6-12(14)15-13(9-20)16(23-18-15)10-4-3-5-11(8-10)19(21)22/h1-8,20H,9H2. The lowest BCUT2D eigenvalue weighted by molar-refractivity contribution is -0.384. The number of non-ortho nitro benzene ring substituents is 1.